The number of carbonyl (C=O) groups excluding carboxylic acids is 4. The first-order valence-corrected chi connectivity index (χ1v) is 11.8. The van der Waals surface area contributed by atoms with Crippen LogP contribution < -0.4 is 10.2 Å². The first kappa shape index (κ1) is 24.4. The molecule has 2 aliphatic heterocycles. The van der Waals surface area contributed by atoms with Gasteiger partial charge in [-0.25, -0.2) is 9.18 Å². The van der Waals surface area contributed by atoms with Gasteiger partial charge in [0.05, 0.1) is 5.69 Å². The predicted molar refractivity (Wildman–Crippen MR) is 128 cm³/mol. The van der Waals surface area contributed by atoms with Crippen molar-refractivity contribution in [1.82, 2.24) is 15.1 Å². The van der Waals surface area contributed by atoms with Gasteiger partial charge in [-0.1, -0.05) is 43.7 Å². The highest BCUT2D eigenvalue weighted by Crippen LogP contribution is 2.33. The molecule has 2 aromatic rings. The number of nitrogens with zero attached hydrogens (tertiary/aromatic N) is 3. The molecule has 1 unspecified atom stereocenters. The van der Waals surface area contributed by atoms with Gasteiger partial charge >= 0.3 is 6.03 Å². The molecule has 0 spiro atoms. The van der Waals surface area contributed by atoms with Crippen LogP contribution in [0.2, 0.25) is 0 Å². The number of amides is 4. The summed E-state index contributed by atoms with van der Waals surface area (Å²) in [6.45, 7) is 4.43. The van der Waals surface area contributed by atoms with Crippen molar-refractivity contribution < 1.29 is 23.6 Å². The predicted octanol–water partition coefficient (Wildman–Crippen LogP) is 2.92. The number of piperazine rings is 1. The van der Waals surface area contributed by atoms with Gasteiger partial charge in [-0.15, -0.1) is 0 Å². The summed E-state index contributed by atoms with van der Waals surface area (Å²) in [4.78, 5) is 55.0. The fourth-order valence-electron chi connectivity index (χ4n) is 4.79. The normalized spacial score (nSPS) is 20.3. The van der Waals surface area contributed by atoms with Gasteiger partial charge in [-0.2, -0.15) is 0 Å². The molecule has 1 N–H and O–H groups in total. The van der Waals surface area contributed by atoms with Crippen molar-refractivity contribution in [3.05, 3.63) is 65.5 Å². The molecule has 4 rings (SSSR count). The molecule has 0 bridgehead atoms. The monoisotopic (exact) mass is 480 g/mol. The third kappa shape index (κ3) is 4.62. The lowest BCUT2D eigenvalue weighted by molar-refractivity contribution is -0.139. The van der Waals surface area contributed by atoms with E-state index in [2.05, 4.69) is 5.32 Å². The Balaban J connectivity index is 1.41. The van der Waals surface area contributed by atoms with E-state index >= 15 is 0 Å². The quantitative estimate of drug-likeness (QED) is 0.486. The molecule has 9 heteroatoms. The molecule has 2 heterocycles. The Morgan fingerprint density at radius 2 is 1.71 bits per heavy atom. The van der Waals surface area contributed by atoms with E-state index in [1.807, 2.05) is 30.0 Å². The molecule has 2 aromatic carbocycles. The Morgan fingerprint density at radius 3 is 2.31 bits per heavy atom. The van der Waals surface area contributed by atoms with E-state index in [4.69, 9.17) is 0 Å². The number of hydrogen-bond donors (Lipinski definition) is 1. The maximum absolute atomic E-state index is 14.5. The second-order valence-corrected chi connectivity index (χ2v) is 8.93. The molecular formula is C26H29FN4O4. The zero-order valence-electron chi connectivity index (χ0n) is 19.9. The van der Waals surface area contributed by atoms with Crippen LogP contribution in [0.5, 0.6) is 0 Å². The molecule has 0 saturated carbocycles. The van der Waals surface area contributed by atoms with Crippen LogP contribution in [0.25, 0.3) is 0 Å². The minimum Gasteiger partial charge on any atom is -0.366 e. The van der Waals surface area contributed by atoms with Crippen molar-refractivity contribution in [3.63, 3.8) is 0 Å². The number of carbonyl (C=O) groups is 4. The fraction of sp³-hybridized carbons (Fsp3) is 0.385. The van der Waals surface area contributed by atoms with Gasteiger partial charge in [-0.05, 0) is 37.1 Å². The minimum absolute atomic E-state index is 0.207. The zero-order valence-corrected chi connectivity index (χ0v) is 19.9. The number of benzene rings is 2. The Morgan fingerprint density at radius 1 is 1.03 bits per heavy atom. The SMILES string of the molecule is CCCC1(c2ccccc2)NC(=O)N(CC(=O)N2CCN(c3ccc(C(C)=O)cc3F)CC2)C1=O. The average molecular weight is 481 g/mol. The Hall–Kier alpha value is -3.75. The van der Waals surface area contributed by atoms with Gasteiger partial charge in [0.2, 0.25) is 5.91 Å². The first-order valence-electron chi connectivity index (χ1n) is 11.8. The summed E-state index contributed by atoms with van der Waals surface area (Å²) >= 11 is 0. The second-order valence-electron chi connectivity index (χ2n) is 8.93. The zero-order chi connectivity index (χ0) is 25.2. The molecule has 184 valence electrons. The van der Waals surface area contributed by atoms with Crippen LogP contribution in [-0.4, -0.2) is 66.2 Å². The van der Waals surface area contributed by atoms with E-state index in [0.717, 1.165) is 4.90 Å². The number of ketones is 1. The number of rotatable bonds is 7. The first-order chi connectivity index (χ1) is 16.8. The van der Waals surface area contributed by atoms with Crippen LogP contribution in [0, 0.1) is 5.82 Å². The molecule has 0 aromatic heterocycles. The van der Waals surface area contributed by atoms with Crippen LogP contribution in [-0.2, 0) is 15.1 Å². The lowest BCUT2D eigenvalue weighted by Gasteiger charge is -2.36. The highest BCUT2D eigenvalue weighted by molar-refractivity contribution is 6.09. The summed E-state index contributed by atoms with van der Waals surface area (Å²) in [6.07, 6.45) is 1.10. The number of nitrogens with one attached hydrogen (secondary N) is 1. The molecular weight excluding hydrogens is 451 g/mol. The summed E-state index contributed by atoms with van der Waals surface area (Å²) in [6, 6.07) is 12.9. The van der Waals surface area contributed by atoms with Gasteiger partial charge in [0.25, 0.3) is 5.91 Å². The van der Waals surface area contributed by atoms with Crippen LogP contribution in [0.3, 0.4) is 0 Å². The Kier molecular flexibility index (Phi) is 6.86. The topological polar surface area (TPSA) is 90.0 Å². The number of halogens is 1. The highest BCUT2D eigenvalue weighted by Gasteiger charge is 2.52. The van der Waals surface area contributed by atoms with Gasteiger partial charge in [0.15, 0.2) is 5.78 Å². The van der Waals surface area contributed by atoms with Gasteiger partial charge in [0.1, 0.15) is 17.9 Å². The Labute approximate surface area is 203 Å². The van der Waals surface area contributed by atoms with Crippen molar-refractivity contribution in [2.75, 3.05) is 37.6 Å². The summed E-state index contributed by atoms with van der Waals surface area (Å²) in [7, 11) is 0. The third-order valence-corrected chi connectivity index (χ3v) is 6.69. The fourth-order valence-corrected chi connectivity index (χ4v) is 4.79. The largest absolute Gasteiger partial charge is 0.366 e. The smallest absolute Gasteiger partial charge is 0.325 e. The van der Waals surface area contributed by atoms with Crippen molar-refractivity contribution >= 4 is 29.3 Å². The van der Waals surface area contributed by atoms with E-state index < -0.39 is 23.3 Å². The number of hydrogen-bond acceptors (Lipinski definition) is 5. The molecule has 0 radical (unpaired) electrons. The standard InChI is InChI=1S/C26H29FN4O4/c1-3-11-26(20-7-5-4-6-8-20)24(34)31(25(35)28-26)17-23(33)30-14-12-29(13-15-30)22-10-9-19(18(2)32)16-21(22)27/h4-10,16H,3,11-15,17H2,1-2H3,(H,28,35). The lowest BCUT2D eigenvalue weighted by Crippen LogP contribution is -2.52. The molecule has 35 heavy (non-hydrogen) atoms. The van der Waals surface area contributed by atoms with Gasteiger partial charge in [0, 0.05) is 31.7 Å². The van der Waals surface area contributed by atoms with E-state index in [1.54, 1.807) is 29.2 Å². The Bertz CT molecular complexity index is 1150. The third-order valence-electron chi connectivity index (χ3n) is 6.69. The van der Waals surface area contributed by atoms with Crippen molar-refractivity contribution in [3.8, 4) is 0 Å². The van der Waals surface area contributed by atoms with Crippen molar-refractivity contribution in [2.24, 2.45) is 0 Å². The van der Waals surface area contributed by atoms with Crippen LogP contribution in [0.15, 0.2) is 48.5 Å². The van der Waals surface area contributed by atoms with Gasteiger partial charge < -0.3 is 15.1 Å². The number of urea groups is 1. The number of imide groups is 1. The van der Waals surface area contributed by atoms with Gasteiger partial charge in [-0.3, -0.25) is 19.3 Å². The lowest BCUT2D eigenvalue weighted by atomic mass is 9.85. The minimum atomic E-state index is -1.17. The van der Waals surface area contributed by atoms with Crippen LogP contribution >= 0.6 is 0 Å². The molecule has 2 saturated heterocycles. The van der Waals surface area contributed by atoms with Crippen molar-refractivity contribution in [2.45, 2.75) is 32.2 Å². The number of Topliss-reactive ketones (excluding diaryl/α,β-unsaturated/α-hetero) is 1. The summed E-state index contributed by atoms with van der Waals surface area (Å²) in [5, 5.41) is 2.83. The second kappa shape index (κ2) is 9.85. The maximum atomic E-state index is 14.5. The van der Waals surface area contributed by atoms with E-state index in [9.17, 15) is 23.6 Å². The molecule has 8 nitrogen and oxygen atoms in total. The van der Waals surface area contributed by atoms with Crippen molar-refractivity contribution in [1.29, 1.82) is 0 Å². The highest BCUT2D eigenvalue weighted by atomic mass is 19.1. The van der Waals surface area contributed by atoms with E-state index in [0.29, 0.717) is 55.8 Å². The van der Waals surface area contributed by atoms with E-state index in [1.165, 1.54) is 13.0 Å². The average Bonchev–Trinajstić information content (AvgIpc) is 3.09. The number of anilines is 1. The summed E-state index contributed by atoms with van der Waals surface area (Å²) in [5.74, 6) is -1.44. The van der Waals surface area contributed by atoms with E-state index in [-0.39, 0.29) is 18.2 Å². The maximum Gasteiger partial charge on any atom is 0.325 e. The summed E-state index contributed by atoms with van der Waals surface area (Å²) in [5.41, 5.74) is 0.212. The molecule has 1 atom stereocenters. The molecule has 2 fully saturated rings. The molecule has 0 aliphatic carbocycles. The van der Waals surface area contributed by atoms with Crippen LogP contribution in [0.4, 0.5) is 14.9 Å². The molecule has 4 amide bonds. The van der Waals surface area contributed by atoms with Crippen LogP contribution in [0.1, 0.15) is 42.6 Å². The summed E-state index contributed by atoms with van der Waals surface area (Å²) < 4.78 is 14.5. The molecule has 2 aliphatic rings.